The summed E-state index contributed by atoms with van der Waals surface area (Å²) in [5.74, 6) is 0.819. The number of fused-ring (bicyclic) bond motifs is 1. The van der Waals surface area contributed by atoms with E-state index >= 15 is 0 Å². The molecule has 1 fully saturated rings. The van der Waals surface area contributed by atoms with Crippen LogP contribution in [-0.4, -0.2) is 55.4 Å². The number of hydrogen-bond donors (Lipinski definition) is 1. The fourth-order valence-corrected chi connectivity index (χ4v) is 4.38. The van der Waals surface area contributed by atoms with Crippen molar-refractivity contribution in [3.8, 4) is 0 Å². The quantitative estimate of drug-likeness (QED) is 0.617. The molecule has 0 spiro atoms. The smallest absolute Gasteiger partial charge is 0.252 e. The van der Waals surface area contributed by atoms with Crippen molar-refractivity contribution in [2.45, 2.75) is 58.4 Å². The predicted octanol–water partition coefficient (Wildman–Crippen LogP) is 2.41. The summed E-state index contributed by atoms with van der Waals surface area (Å²) in [6, 6.07) is 10.2. The minimum atomic E-state index is 0.0839. The molecule has 0 unspecified atom stereocenters. The SMILES string of the molecule is Cc1nc2ncnn2c(C)c1CCC(=O)N1CCC(NC(=O)CCc2ccccc2)CC1. The summed E-state index contributed by atoms with van der Waals surface area (Å²) < 4.78 is 1.72. The molecule has 0 atom stereocenters. The molecule has 0 saturated carbocycles. The van der Waals surface area contributed by atoms with Crippen molar-refractivity contribution in [3.05, 3.63) is 59.2 Å². The van der Waals surface area contributed by atoms with E-state index in [1.54, 1.807) is 4.52 Å². The molecule has 168 valence electrons. The minimum absolute atomic E-state index is 0.0839. The zero-order chi connectivity index (χ0) is 22.5. The van der Waals surface area contributed by atoms with Gasteiger partial charge in [-0.2, -0.15) is 10.1 Å². The molecule has 1 aliphatic rings. The fourth-order valence-electron chi connectivity index (χ4n) is 4.38. The first-order valence-corrected chi connectivity index (χ1v) is 11.3. The summed E-state index contributed by atoms with van der Waals surface area (Å²) in [4.78, 5) is 35.6. The third-order valence-corrected chi connectivity index (χ3v) is 6.27. The van der Waals surface area contributed by atoms with Crippen LogP contribution in [0.15, 0.2) is 36.7 Å². The van der Waals surface area contributed by atoms with Gasteiger partial charge in [0.1, 0.15) is 6.33 Å². The van der Waals surface area contributed by atoms with E-state index in [4.69, 9.17) is 0 Å². The van der Waals surface area contributed by atoms with Gasteiger partial charge in [0, 0.05) is 43.4 Å². The molecule has 1 N–H and O–H groups in total. The predicted molar refractivity (Wildman–Crippen MR) is 121 cm³/mol. The van der Waals surface area contributed by atoms with Gasteiger partial charge >= 0.3 is 0 Å². The molecule has 1 aliphatic heterocycles. The largest absolute Gasteiger partial charge is 0.353 e. The lowest BCUT2D eigenvalue weighted by Gasteiger charge is -2.32. The van der Waals surface area contributed by atoms with Crippen molar-refractivity contribution >= 4 is 17.6 Å². The van der Waals surface area contributed by atoms with Crippen molar-refractivity contribution in [2.75, 3.05) is 13.1 Å². The summed E-state index contributed by atoms with van der Waals surface area (Å²) in [7, 11) is 0. The highest BCUT2D eigenvalue weighted by Gasteiger charge is 2.24. The van der Waals surface area contributed by atoms with Crippen LogP contribution in [0.3, 0.4) is 0 Å². The van der Waals surface area contributed by atoms with E-state index in [9.17, 15) is 9.59 Å². The number of aromatic nitrogens is 4. The van der Waals surface area contributed by atoms with Crippen LogP contribution in [0, 0.1) is 13.8 Å². The number of nitrogens with zero attached hydrogens (tertiary/aromatic N) is 5. The fraction of sp³-hybridized carbons (Fsp3) is 0.458. The molecule has 3 heterocycles. The minimum Gasteiger partial charge on any atom is -0.353 e. The maximum absolute atomic E-state index is 12.8. The average molecular weight is 435 g/mol. The molecule has 8 heteroatoms. The van der Waals surface area contributed by atoms with Gasteiger partial charge in [0.25, 0.3) is 5.78 Å². The van der Waals surface area contributed by atoms with Crippen LogP contribution < -0.4 is 5.32 Å². The third-order valence-electron chi connectivity index (χ3n) is 6.27. The molecule has 0 radical (unpaired) electrons. The van der Waals surface area contributed by atoms with Crippen LogP contribution in [0.4, 0.5) is 0 Å². The van der Waals surface area contributed by atoms with Crippen LogP contribution >= 0.6 is 0 Å². The number of nitrogens with one attached hydrogen (secondary N) is 1. The Morgan fingerprint density at radius 2 is 1.81 bits per heavy atom. The molecule has 0 bridgehead atoms. The number of aryl methyl sites for hydroxylation is 3. The molecule has 1 aromatic carbocycles. The van der Waals surface area contributed by atoms with E-state index < -0.39 is 0 Å². The van der Waals surface area contributed by atoms with E-state index in [1.807, 2.05) is 49.1 Å². The monoisotopic (exact) mass is 434 g/mol. The Hall–Kier alpha value is -3.29. The zero-order valence-electron chi connectivity index (χ0n) is 18.8. The lowest BCUT2D eigenvalue weighted by atomic mass is 10.0. The van der Waals surface area contributed by atoms with Gasteiger partial charge in [-0.05, 0) is 50.7 Å². The highest BCUT2D eigenvalue weighted by atomic mass is 16.2. The first-order chi connectivity index (χ1) is 15.5. The molecule has 3 aromatic rings. The second kappa shape index (κ2) is 9.89. The summed E-state index contributed by atoms with van der Waals surface area (Å²) in [5, 5.41) is 7.35. The Kier molecular flexibility index (Phi) is 6.78. The number of likely N-dealkylation sites (tertiary alicyclic amines) is 1. The summed E-state index contributed by atoms with van der Waals surface area (Å²) in [6.45, 7) is 5.30. The van der Waals surface area contributed by atoms with Gasteiger partial charge in [0.15, 0.2) is 0 Å². The molecule has 8 nitrogen and oxygen atoms in total. The average Bonchev–Trinajstić information content (AvgIpc) is 3.27. The van der Waals surface area contributed by atoms with Crippen LogP contribution in [0.1, 0.15) is 48.2 Å². The van der Waals surface area contributed by atoms with Gasteiger partial charge in [-0.15, -0.1) is 0 Å². The van der Waals surface area contributed by atoms with Crippen molar-refractivity contribution in [3.63, 3.8) is 0 Å². The number of amides is 2. The van der Waals surface area contributed by atoms with Crippen LogP contribution in [0.25, 0.3) is 5.78 Å². The van der Waals surface area contributed by atoms with Gasteiger partial charge in [-0.1, -0.05) is 30.3 Å². The maximum Gasteiger partial charge on any atom is 0.252 e. The van der Waals surface area contributed by atoms with E-state index in [0.717, 1.165) is 36.2 Å². The molecule has 4 rings (SSSR count). The second-order valence-electron chi connectivity index (χ2n) is 8.44. The first-order valence-electron chi connectivity index (χ1n) is 11.3. The number of carbonyl (C=O) groups excluding carboxylic acids is 2. The Bertz CT molecular complexity index is 1090. The molecule has 2 amide bonds. The first kappa shape index (κ1) is 21.9. The third kappa shape index (κ3) is 5.12. The topological polar surface area (TPSA) is 92.5 Å². The lowest BCUT2D eigenvalue weighted by molar-refractivity contribution is -0.132. The molecular formula is C24H30N6O2. The van der Waals surface area contributed by atoms with Crippen LogP contribution in [0.2, 0.25) is 0 Å². The normalized spacial score (nSPS) is 14.6. The Morgan fingerprint density at radius 3 is 2.56 bits per heavy atom. The number of rotatable bonds is 7. The summed E-state index contributed by atoms with van der Waals surface area (Å²) in [6.07, 6.45) is 5.41. The Morgan fingerprint density at radius 1 is 1.06 bits per heavy atom. The van der Waals surface area contributed by atoms with E-state index in [1.165, 1.54) is 11.9 Å². The zero-order valence-corrected chi connectivity index (χ0v) is 18.8. The van der Waals surface area contributed by atoms with Gasteiger partial charge < -0.3 is 10.2 Å². The molecule has 2 aromatic heterocycles. The Balaban J connectivity index is 1.22. The highest BCUT2D eigenvalue weighted by molar-refractivity contribution is 5.77. The van der Waals surface area contributed by atoms with Crippen molar-refractivity contribution in [1.82, 2.24) is 29.8 Å². The van der Waals surface area contributed by atoms with Gasteiger partial charge in [-0.25, -0.2) is 9.50 Å². The number of piperidine rings is 1. The van der Waals surface area contributed by atoms with Crippen molar-refractivity contribution in [1.29, 1.82) is 0 Å². The molecular weight excluding hydrogens is 404 g/mol. The van der Waals surface area contributed by atoms with Crippen LogP contribution in [-0.2, 0) is 22.4 Å². The van der Waals surface area contributed by atoms with Gasteiger partial charge in [0.2, 0.25) is 11.8 Å². The number of benzene rings is 1. The van der Waals surface area contributed by atoms with E-state index in [2.05, 4.69) is 20.4 Å². The van der Waals surface area contributed by atoms with Crippen LogP contribution in [0.5, 0.6) is 0 Å². The molecule has 0 aliphatic carbocycles. The summed E-state index contributed by atoms with van der Waals surface area (Å²) >= 11 is 0. The van der Waals surface area contributed by atoms with E-state index in [0.29, 0.717) is 38.1 Å². The maximum atomic E-state index is 12.8. The number of hydrogen-bond acceptors (Lipinski definition) is 5. The second-order valence-corrected chi connectivity index (χ2v) is 8.44. The Labute approximate surface area is 188 Å². The van der Waals surface area contributed by atoms with E-state index in [-0.39, 0.29) is 17.9 Å². The lowest BCUT2D eigenvalue weighted by Crippen LogP contribution is -2.46. The summed E-state index contributed by atoms with van der Waals surface area (Å²) in [5.41, 5.74) is 4.10. The van der Waals surface area contributed by atoms with Gasteiger partial charge in [0.05, 0.1) is 0 Å². The van der Waals surface area contributed by atoms with Crippen molar-refractivity contribution in [2.24, 2.45) is 0 Å². The van der Waals surface area contributed by atoms with Crippen molar-refractivity contribution < 1.29 is 9.59 Å². The molecule has 1 saturated heterocycles. The molecule has 32 heavy (non-hydrogen) atoms. The van der Waals surface area contributed by atoms with Gasteiger partial charge in [-0.3, -0.25) is 9.59 Å². The number of carbonyl (C=O) groups is 2. The highest BCUT2D eigenvalue weighted by Crippen LogP contribution is 2.17. The standard InChI is InChI=1S/C24H30N6O2/c1-17-21(18(2)30-24(27-17)25-16-26-30)9-11-23(32)29-14-12-20(13-15-29)28-22(31)10-8-19-6-4-3-5-7-19/h3-7,16,20H,8-15H2,1-2H3,(H,28,31).